The average Bonchev–Trinajstić information content (AvgIpc) is 3.19. The molecule has 0 aliphatic heterocycles. The normalized spacial score (nSPS) is 11.0. The van der Waals surface area contributed by atoms with E-state index in [1.54, 1.807) is 16.9 Å². The van der Waals surface area contributed by atoms with Crippen molar-refractivity contribution in [1.82, 2.24) is 14.8 Å². The third-order valence-corrected chi connectivity index (χ3v) is 4.41. The Labute approximate surface area is 146 Å². The highest BCUT2D eigenvalue weighted by Crippen LogP contribution is 2.36. The number of anilines is 1. The van der Waals surface area contributed by atoms with E-state index >= 15 is 0 Å². The third-order valence-electron chi connectivity index (χ3n) is 3.49. The SMILES string of the molecule is COc1cc([N+](=O)[O-])cc2sc(NC(=O)c3ccnn3C(C)C)nc12. The second-order valence-corrected chi connectivity index (χ2v) is 6.51. The molecule has 0 spiro atoms. The third kappa shape index (κ3) is 3.15. The van der Waals surface area contributed by atoms with Gasteiger partial charge in [0.2, 0.25) is 0 Å². The van der Waals surface area contributed by atoms with Gasteiger partial charge in [0.15, 0.2) is 10.9 Å². The van der Waals surface area contributed by atoms with E-state index in [1.807, 2.05) is 13.8 Å². The highest BCUT2D eigenvalue weighted by Gasteiger charge is 2.19. The van der Waals surface area contributed by atoms with E-state index in [0.717, 1.165) is 11.3 Å². The number of carbonyl (C=O) groups is 1. The van der Waals surface area contributed by atoms with Crippen LogP contribution in [0.5, 0.6) is 5.75 Å². The molecule has 0 aliphatic rings. The van der Waals surface area contributed by atoms with Gasteiger partial charge in [-0.15, -0.1) is 0 Å². The number of nitro groups is 1. The highest BCUT2D eigenvalue weighted by atomic mass is 32.1. The molecule has 0 saturated carbocycles. The summed E-state index contributed by atoms with van der Waals surface area (Å²) in [6.45, 7) is 3.84. The predicted molar refractivity (Wildman–Crippen MR) is 93.4 cm³/mol. The van der Waals surface area contributed by atoms with E-state index < -0.39 is 4.92 Å². The van der Waals surface area contributed by atoms with Crippen LogP contribution in [0.2, 0.25) is 0 Å². The van der Waals surface area contributed by atoms with Gasteiger partial charge in [0.1, 0.15) is 11.2 Å². The van der Waals surface area contributed by atoms with Gasteiger partial charge in [0.25, 0.3) is 11.6 Å². The molecule has 9 nitrogen and oxygen atoms in total. The Morgan fingerprint density at radius 3 is 2.84 bits per heavy atom. The van der Waals surface area contributed by atoms with E-state index in [4.69, 9.17) is 4.74 Å². The number of methoxy groups -OCH3 is 1. The monoisotopic (exact) mass is 361 g/mol. The Bertz CT molecular complexity index is 962. The van der Waals surface area contributed by atoms with Gasteiger partial charge in [0, 0.05) is 18.3 Å². The summed E-state index contributed by atoms with van der Waals surface area (Å²) in [5.41, 5.74) is 0.779. The van der Waals surface area contributed by atoms with Crippen molar-refractivity contribution in [3.8, 4) is 5.75 Å². The molecule has 0 unspecified atom stereocenters. The van der Waals surface area contributed by atoms with Crippen molar-refractivity contribution in [2.45, 2.75) is 19.9 Å². The Morgan fingerprint density at radius 2 is 2.20 bits per heavy atom. The molecule has 0 atom stereocenters. The van der Waals surface area contributed by atoms with Crippen molar-refractivity contribution in [3.05, 3.63) is 40.2 Å². The zero-order valence-electron chi connectivity index (χ0n) is 13.7. The number of nitrogens with one attached hydrogen (secondary N) is 1. The molecule has 2 heterocycles. The summed E-state index contributed by atoms with van der Waals surface area (Å²) in [5.74, 6) is -0.0631. The van der Waals surface area contributed by atoms with Crippen LogP contribution in [0.4, 0.5) is 10.8 Å². The molecular weight excluding hydrogens is 346 g/mol. The summed E-state index contributed by atoms with van der Waals surface area (Å²) in [6.07, 6.45) is 1.56. The highest BCUT2D eigenvalue weighted by molar-refractivity contribution is 7.22. The lowest BCUT2D eigenvalue weighted by atomic mass is 10.3. The second-order valence-electron chi connectivity index (χ2n) is 5.48. The zero-order chi connectivity index (χ0) is 18.1. The lowest BCUT2D eigenvalue weighted by molar-refractivity contribution is -0.384. The summed E-state index contributed by atoms with van der Waals surface area (Å²) in [4.78, 5) is 27.3. The van der Waals surface area contributed by atoms with Gasteiger partial charge in [-0.1, -0.05) is 11.3 Å². The number of carbonyl (C=O) groups excluding carboxylic acids is 1. The molecule has 0 saturated heterocycles. The van der Waals surface area contributed by atoms with E-state index in [9.17, 15) is 14.9 Å². The molecule has 1 aromatic carbocycles. The van der Waals surface area contributed by atoms with Gasteiger partial charge < -0.3 is 4.74 Å². The first-order chi connectivity index (χ1) is 11.9. The molecule has 0 fully saturated rings. The van der Waals surface area contributed by atoms with Gasteiger partial charge in [0.05, 0.1) is 22.8 Å². The molecular formula is C15H15N5O4S. The standard InChI is InChI=1S/C15H15N5O4S/c1-8(2)19-10(4-5-16-19)14(21)18-15-17-13-11(24-3)6-9(20(22)23)7-12(13)25-15/h4-8H,1-3H3,(H,17,18,21). The Hall–Kier alpha value is -3.01. The fourth-order valence-corrected chi connectivity index (χ4v) is 3.28. The molecule has 25 heavy (non-hydrogen) atoms. The molecule has 0 radical (unpaired) electrons. The minimum Gasteiger partial charge on any atom is -0.494 e. The van der Waals surface area contributed by atoms with Crippen LogP contribution in [-0.2, 0) is 0 Å². The van der Waals surface area contributed by atoms with Gasteiger partial charge in [-0.2, -0.15) is 5.10 Å². The van der Waals surface area contributed by atoms with Crippen LogP contribution in [0.1, 0.15) is 30.4 Å². The Balaban J connectivity index is 1.95. The molecule has 0 bridgehead atoms. The van der Waals surface area contributed by atoms with Crippen molar-refractivity contribution in [3.63, 3.8) is 0 Å². The number of ether oxygens (including phenoxy) is 1. The van der Waals surface area contributed by atoms with E-state index in [1.165, 1.54) is 19.2 Å². The van der Waals surface area contributed by atoms with E-state index in [2.05, 4.69) is 15.4 Å². The van der Waals surface area contributed by atoms with Crippen LogP contribution < -0.4 is 10.1 Å². The zero-order valence-corrected chi connectivity index (χ0v) is 14.5. The van der Waals surface area contributed by atoms with Crippen LogP contribution >= 0.6 is 11.3 Å². The van der Waals surface area contributed by atoms with Crippen LogP contribution in [-0.4, -0.2) is 32.7 Å². The van der Waals surface area contributed by atoms with E-state index in [-0.39, 0.29) is 23.4 Å². The minimum absolute atomic E-state index is 0.0360. The first-order valence-electron chi connectivity index (χ1n) is 7.38. The van der Waals surface area contributed by atoms with Gasteiger partial charge in [-0.05, 0) is 19.9 Å². The number of rotatable bonds is 5. The topological polar surface area (TPSA) is 112 Å². The first kappa shape index (κ1) is 16.8. The first-order valence-corrected chi connectivity index (χ1v) is 8.20. The van der Waals surface area contributed by atoms with Crippen molar-refractivity contribution >= 4 is 38.3 Å². The Morgan fingerprint density at radius 1 is 1.44 bits per heavy atom. The number of hydrogen-bond donors (Lipinski definition) is 1. The lowest BCUT2D eigenvalue weighted by Gasteiger charge is -2.09. The van der Waals surface area contributed by atoms with Crippen molar-refractivity contribution in [2.24, 2.45) is 0 Å². The molecule has 130 valence electrons. The largest absolute Gasteiger partial charge is 0.494 e. The summed E-state index contributed by atoms with van der Waals surface area (Å²) in [5, 5.41) is 18.2. The maximum atomic E-state index is 12.5. The lowest BCUT2D eigenvalue weighted by Crippen LogP contribution is -2.18. The quantitative estimate of drug-likeness (QED) is 0.551. The van der Waals surface area contributed by atoms with E-state index in [0.29, 0.717) is 21.0 Å². The summed E-state index contributed by atoms with van der Waals surface area (Å²) in [6, 6.07) is 4.37. The van der Waals surface area contributed by atoms with Crippen LogP contribution in [0.25, 0.3) is 10.2 Å². The summed E-state index contributed by atoms with van der Waals surface area (Å²) in [7, 11) is 1.41. The number of non-ortho nitro benzene ring substituents is 1. The number of nitro benzene ring substituents is 1. The van der Waals surface area contributed by atoms with Crippen LogP contribution in [0, 0.1) is 10.1 Å². The number of aromatic nitrogens is 3. The minimum atomic E-state index is -0.499. The smallest absolute Gasteiger partial charge is 0.275 e. The fourth-order valence-electron chi connectivity index (χ4n) is 2.37. The number of fused-ring (bicyclic) bond motifs is 1. The van der Waals surface area contributed by atoms with Crippen molar-refractivity contribution in [1.29, 1.82) is 0 Å². The fraction of sp³-hybridized carbons (Fsp3) is 0.267. The number of thiazole rings is 1. The Kier molecular flexibility index (Phi) is 4.36. The summed E-state index contributed by atoms with van der Waals surface area (Å²) < 4.78 is 7.33. The molecule has 10 heteroatoms. The molecule has 0 aliphatic carbocycles. The molecule has 3 aromatic rings. The summed E-state index contributed by atoms with van der Waals surface area (Å²) >= 11 is 1.14. The second kappa shape index (κ2) is 6.48. The number of nitrogens with zero attached hydrogens (tertiary/aromatic N) is 4. The number of hydrogen-bond acceptors (Lipinski definition) is 7. The molecule has 1 N–H and O–H groups in total. The maximum Gasteiger partial charge on any atom is 0.275 e. The molecule has 3 rings (SSSR count). The van der Waals surface area contributed by atoms with Gasteiger partial charge >= 0.3 is 0 Å². The number of amides is 1. The van der Waals surface area contributed by atoms with Crippen molar-refractivity contribution < 1.29 is 14.5 Å². The predicted octanol–water partition coefficient (Wildman–Crippen LogP) is 3.24. The van der Waals surface area contributed by atoms with Gasteiger partial charge in [-0.3, -0.25) is 24.9 Å². The number of benzene rings is 1. The molecule has 1 amide bonds. The van der Waals surface area contributed by atoms with Gasteiger partial charge in [-0.25, -0.2) is 4.98 Å². The molecule has 2 aromatic heterocycles. The maximum absolute atomic E-state index is 12.5. The van der Waals surface area contributed by atoms with Crippen molar-refractivity contribution in [2.75, 3.05) is 12.4 Å². The van der Waals surface area contributed by atoms with Crippen LogP contribution in [0.15, 0.2) is 24.4 Å². The van der Waals surface area contributed by atoms with Crippen LogP contribution in [0.3, 0.4) is 0 Å². The average molecular weight is 361 g/mol.